The lowest BCUT2D eigenvalue weighted by molar-refractivity contribution is 0.285. The summed E-state index contributed by atoms with van der Waals surface area (Å²) in [6.45, 7) is 4.65. The molecule has 21 heavy (non-hydrogen) atoms. The molecule has 0 aliphatic carbocycles. The lowest BCUT2D eigenvalue weighted by atomic mass is 10.1. The van der Waals surface area contributed by atoms with Crippen molar-refractivity contribution in [2.45, 2.75) is 26.7 Å². The Hall–Kier alpha value is -2.37. The average molecular weight is 288 g/mol. The standard InChI is InChI=1S/C15H20N4O2/c1-4-10-20-14-17-13(16-3)18-15(19-14)21-12-9-7-6-8-11(12)5-2/h6-9H,4-5,10H2,1-3H3,(H,16,17,18,19). The van der Waals surface area contributed by atoms with E-state index in [-0.39, 0.29) is 12.0 Å². The van der Waals surface area contributed by atoms with E-state index in [1.165, 1.54) is 0 Å². The predicted octanol–water partition coefficient (Wildman–Crippen LogP) is 3.06. The lowest BCUT2D eigenvalue weighted by Crippen LogP contribution is -2.06. The van der Waals surface area contributed by atoms with Crippen molar-refractivity contribution in [2.24, 2.45) is 0 Å². The van der Waals surface area contributed by atoms with Crippen LogP contribution in [0, 0.1) is 0 Å². The van der Waals surface area contributed by atoms with Crippen LogP contribution in [0.4, 0.5) is 5.95 Å². The van der Waals surface area contributed by atoms with E-state index in [0.29, 0.717) is 12.6 Å². The number of aryl methyl sites for hydroxylation is 1. The largest absolute Gasteiger partial charge is 0.463 e. The summed E-state index contributed by atoms with van der Waals surface area (Å²) in [4.78, 5) is 12.5. The zero-order valence-corrected chi connectivity index (χ0v) is 12.6. The van der Waals surface area contributed by atoms with Crippen LogP contribution in [0.2, 0.25) is 0 Å². The highest BCUT2D eigenvalue weighted by Crippen LogP contribution is 2.24. The molecule has 2 rings (SSSR count). The maximum atomic E-state index is 5.78. The fraction of sp³-hybridized carbons (Fsp3) is 0.400. The van der Waals surface area contributed by atoms with Gasteiger partial charge in [-0.3, -0.25) is 0 Å². The number of rotatable bonds is 7. The molecule has 0 radical (unpaired) electrons. The summed E-state index contributed by atoms with van der Waals surface area (Å²) in [6.07, 6.45) is 1.76. The van der Waals surface area contributed by atoms with E-state index < -0.39 is 0 Å². The molecule has 2 aromatic rings. The number of ether oxygens (including phenoxy) is 2. The van der Waals surface area contributed by atoms with E-state index in [9.17, 15) is 0 Å². The lowest BCUT2D eigenvalue weighted by Gasteiger charge is -2.10. The molecule has 0 aliphatic heterocycles. The topological polar surface area (TPSA) is 69.2 Å². The van der Waals surface area contributed by atoms with Crippen molar-refractivity contribution in [2.75, 3.05) is 19.0 Å². The second-order valence-corrected chi connectivity index (χ2v) is 4.39. The molecule has 6 heteroatoms. The van der Waals surface area contributed by atoms with Crippen LogP contribution in [0.25, 0.3) is 0 Å². The average Bonchev–Trinajstić information content (AvgIpc) is 2.53. The third-order valence-corrected chi connectivity index (χ3v) is 2.81. The van der Waals surface area contributed by atoms with Crippen LogP contribution < -0.4 is 14.8 Å². The van der Waals surface area contributed by atoms with E-state index in [2.05, 4.69) is 27.2 Å². The number of aromatic nitrogens is 3. The first-order valence-corrected chi connectivity index (χ1v) is 7.09. The number of para-hydroxylation sites is 1. The molecular formula is C15H20N4O2. The SMILES string of the molecule is CCCOc1nc(NC)nc(Oc2ccccc2CC)n1. The normalized spacial score (nSPS) is 10.2. The van der Waals surface area contributed by atoms with E-state index in [0.717, 1.165) is 24.2 Å². The second-order valence-electron chi connectivity index (χ2n) is 4.39. The third kappa shape index (κ3) is 4.05. The summed E-state index contributed by atoms with van der Waals surface area (Å²) in [5.41, 5.74) is 1.10. The molecule has 1 heterocycles. The Morgan fingerprint density at radius 3 is 2.52 bits per heavy atom. The Kier molecular flexibility index (Phi) is 5.31. The number of hydrogen-bond donors (Lipinski definition) is 1. The molecule has 1 aromatic carbocycles. The summed E-state index contributed by atoms with van der Waals surface area (Å²) >= 11 is 0. The fourth-order valence-electron chi connectivity index (χ4n) is 1.75. The minimum Gasteiger partial charge on any atom is -0.463 e. The van der Waals surface area contributed by atoms with Crippen LogP contribution in [0.15, 0.2) is 24.3 Å². The van der Waals surface area contributed by atoms with Crippen LogP contribution in [0.5, 0.6) is 17.8 Å². The van der Waals surface area contributed by atoms with Gasteiger partial charge in [-0.2, -0.15) is 9.97 Å². The Labute approximate surface area is 124 Å². The van der Waals surface area contributed by atoms with Gasteiger partial charge in [0.05, 0.1) is 6.61 Å². The monoisotopic (exact) mass is 288 g/mol. The summed E-state index contributed by atoms with van der Waals surface area (Å²) < 4.78 is 11.2. The van der Waals surface area contributed by atoms with Crippen molar-refractivity contribution in [3.05, 3.63) is 29.8 Å². The fourth-order valence-corrected chi connectivity index (χ4v) is 1.75. The van der Waals surface area contributed by atoms with Gasteiger partial charge in [-0.05, 0) is 24.5 Å². The second kappa shape index (κ2) is 7.42. The summed E-state index contributed by atoms with van der Waals surface area (Å²) in [5.74, 6) is 1.16. The summed E-state index contributed by atoms with van der Waals surface area (Å²) in [5, 5.41) is 2.88. The van der Waals surface area contributed by atoms with Gasteiger partial charge in [0.15, 0.2) is 0 Å². The van der Waals surface area contributed by atoms with Gasteiger partial charge in [-0.15, -0.1) is 4.98 Å². The zero-order chi connectivity index (χ0) is 15.1. The minimum absolute atomic E-state index is 0.223. The Morgan fingerprint density at radius 2 is 1.81 bits per heavy atom. The highest BCUT2D eigenvalue weighted by Gasteiger charge is 2.10. The van der Waals surface area contributed by atoms with Crippen LogP contribution in [-0.4, -0.2) is 28.6 Å². The molecule has 0 fully saturated rings. The van der Waals surface area contributed by atoms with Crippen LogP contribution in [0.3, 0.4) is 0 Å². The smallest absolute Gasteiger partial charge is 0.330 e. The van der Waals surface area contributed by atoms with Gasteiger partial charge in [-0.25, -0.2) is 0 Å². The van der Waals surface area contributed by atoms with E-state index in [1.807, 2.05) is 31.2 Å². The van der Waals surface area contributed by atoms with Crippen molar-refractivity contribution in [1.29, 1.82) is 0 Å². The molecule has 0 saturated carbocycles. The van der Waals surface area contributed by atoms with Crippen LogP contribution in [0.1, 0.15) is 25.8 Å². The van der Waals surface area contributed by atoms with Gasteiger partial charge in [-0.1, -0.05) is 32.0 Å². The molecule has 1 aromatic heterocycles. The van der Waals surface area contributed by atoms with Crippen LogP contribution in [-0.2, 0) is 6.42 Å². The molecule has 112 valence electrons. The van der Waals surface area contributed by atoms with Crippen LogP contribution >= 0.6 is 0 Å². The van der Waals surface area contributed by atoms with Gasteiger partial charge < -0.3 is 14.8 Å². The van der Waals surface area contributed by atoms with Gasteiger partial charge in [0.25, 0.3) is 0 Å². The van der Waals surface area contributed by atoms with E-state index in [1.54, 1.807) is 7.05 Å². The zero-order valence-electron chi connectivity index (χ0n) is 12.6. The van der Waals surface area contributed by atoms with E-state index >= 15 is 0 Å². The first-order chi connectivity index (χ1) is 10.3. The predicted molar refractivity (Wildman–Crippen MR) is 81.1 cm³/mol. The molecule has 1 N–H and O–H groups in total. The van der Waals surface area contributed by atoms with Gasteiger partial charge in [0.2, 0.25) is 5.95 Å². The Bertz CT molecular complexity index is 590. The summed E-state index contributed by atoms with van der Waals surface area (Å²) in [7, 11) is 1.74. The molecule has 0 aliphatic rings. The van der Waals surface area contributed by atoms with Gasteiger partial charge in [0, 0.05) is 7.05 Å². The summed E-state index contributed by atoms with van der Waals surface area (Å²) in [6, 6.07) is 8.30. The van der Waals surface area contributed by atoms with Crippen molar-refractivity contribution in [3.63, 3.8) is 0 Å². The molecular weight excluding hydrogens is 268 g/mol. The quantitative estimate of drug-likeness (QED) is 0.844. The Balaban J connectivity index is 2.25. The minimum atomic E-state index is 0.223. The number of anilines is 1. The molecule has 0 bridgehead atoms. The first kappa shape index (κ1) is 15.0. The van der Waals surface area contributed by atoms with E-state index in [4.69, 9.17) is 9.47 Å². The highest BCUT2D eigenvalue weighted by atomic mass is 16.5. The molecule has 0 unspecified atom stereocenters. The Morgan fingerprint density at radius 1 is 1.05 bits per heavy atom. The van der Waals surface area contributed by atoms with Crippen molar-refractivity contribution in [1.82, 2.24) is 15.0 Å². The molecule has 0 atom stereocenters. The molecule has 0 saturated heterocycles. The molecule has 0 spiro atoms. The maximum Gasteiger partial charge on any atom is 0.330 e. The maximum absolute atomic E-state index is 5.78. The van der Waals surface area contributed by atoms with Crippen molar-refractivity contribution >= 4 is 5.95 Å². The first-order valence-electron chi connectivity index (χ1n) is 7.09. The third-order valence-electron chi connectivity index (χ3n) is 2.81. The van der Waals surface area contributed by atoms with Gasteiger partial charge in [0.1, 0.15) is 5.75 Å². The number of benzene rings is 1. The molecule has 0 amide bonds. The van der Waals surface area contributed by atoms with Crippen molar-refractivity contribution < 1.29 is 9.47 Å². The van der Waals surface area contributed by atoms with Crippen molar-refractivity contribution in [3.8, 4) is 17.8 Å². The number of hydrogen-bond acceptors (Lipinski definition) is 6. The number of nitrogens with zero attached hydrogens (tertiary/aromatic N) is 3. The van der Waals surface area contributed by atoms with Gasteiger partial charge >= 0.3 is 12.0 Å². The highest BCUT2D eigenvalue weighted by molar-refractivity contribution is 5.36. The number of nitrogens with one attached hydrogen (secondary N) is 1. The molecule has 6 nitrogen and oxygen atoms in total.